The number of amides is 3. The molecule has 3 aromatic rings. The van der Waals surface area contributed by atoms with Gasteiger partial charge in [-0.1, -0.05) is 45.7 Å². The molecule has 13 heteroatoms. The van der Waals surface area contributed by atoms with Crippen LogP contribution in [0.1, 0.15) is 82.5 Å². The van der Waals surface area contributed by atoms with Gasteiger partial charge >= 0.3 is 6.01 Å². The molecule has 268 valence electrons. The standard InChI is InChI=1S/C37H50N8O5/c1-5-6-18-50-37-40-34(39)30-20-28(22-38)45(35(30)41-37)24-27-12-11-26(19-31(27)49-4)23-42-14-16-43(17-15-42)32(46)10-8-7-9-13-44-33(47)21-29(25(2)3)36(44)48/h11-12,19-20,25,29H,5-10,13-18,21,23-24H2,1-4H3,(H2,39,40,41). The number of imide groups is 1. The Bertz CT molecular complexity index is 1720. The molecule has 50 heavy (non-hydrogen) atoms. The summed E-state index contributed by atoms with van der Waals surface area (Å²) in [6.45, 7) is 11.0. The first-order chi connectivity index (χ1) is 24.1. The van der Waals surface area contributed by atoms with E-state index in [1.54, 1.807) is 13.2 Å². The summed E-state index contributed by atoms with van der Waals surface area (Å²) in [5.74, 6) is 0.998. The maximum Gasteiger partial charge on any atom is 0.320 e. The van der Waals surface area contributed by atoms with Crippen LogP contribution in [0.3, 0.4) is 0 Å². The molecular formula is C37H50N8O5. The number of piperazine rings is 1. The first-order valence-corrected chi connectivity index (χ1v) is 17.8. The lowest BCUT2D eigenvalue weighted by Crippen LogP contribution is -2.48. The Morgan fingerprint density at radius 3 is 2.52 bits per heavy atom. The smallest absolute Gasteiger partial charge is 0.320 e. The van der Waals surface area contributed by atoms with Crippen LogP contribution in [0.5, 0.6) is 11.8 Å². The number of unbranched alkanes of at least 4 members (excludes halogenated alkanes) is 3. The van der Waals surface area contributed by atoms with Gasteiger partial charge in [0.15, 0.2) is 5.65 Å². The molecule has 1 unspecified atom stereocenters. The predicted molar refractivity (Wildman–Crippen MR) is 189 cm³/mol. The van der Waals surface area contributed by atoms with Crippen molar-refractivity contribution in [1.82, 2.24) is 29.2 Å². The zero-order valence-corrected chi connectivity index (χ0v) is 29.8. The van der Waals surface area contributed by atoms with Crippen LogP contribution in [0.25, 0.3) is 11.0 Å². The van der Waals surface area contributed by atoms with Crippen LogP contribution in [0.15, 0.2) is 24.3 Å². The van der Waals surface area contributed by atoms with E-state index >= 15 is 0 Å². The highest BCUT2D eigenvalue weighted by Gasteiger charge is 2.39. The lowest BCUT2D eigenvalue weighted by molar-refractivity contribution is -0.140. The average Bonchev–Trinajstić information content (AvgIpc) is 3.61. The molecule has 2 saturated heterocycles. The Morgan fingerprint density at radius 1 is 1.06 bits per heavy atom. The minimum Gasteiger partial charge on any atom is -0.496 e. The molecule has 0 saturated carbocycles. The maximum atomic E-state index is 12.9. The van der Waals surface area contributed by atoms with Gasteiger partial charge in [-0.25, -0.2) is 0 Å². The summed E-state index contributed by atoms with van der Waals surface area (Å²) in [7, 11) is 1.64. The van der Waals surface area contributed by atoms with E-state index in [9.17, 15) is 19.6 Å². The van der Waals surface area contributed by atoms with Crippen molar-refractivity contribution in [3.63, 3.8) is 0 Å². The summed E-state index contributed by atoms with van der Waals surface area (Å²) in [6.07, 6.45) is 4.93. The first-order valence-electron chi connectivity index (χ1n) is 17.8. The molecule has 1 aromatic carbocycles. The van der Waals surface area contributed by atoms with Gasteiger partial charge in [0.05, 0.1) is 25.6 Å². The second kappa shape index (κ2) is 16.8. The van der Waals surface area contributed by atoms with Crippen LogP contribution >= 0.6 is 0 Å². The molecule has 13 nitrogen and oxygen atoms in total. The van der Waals surface area contributed by atoms with E-state index in [0.717, 1.165) is 62.9 Å². The molecule has 2 aliphatic rings. The number of rotatable bonds is 16. The summed E-state index contributed by atoms with van der Waals surface area (Å²) < 4.78 is 13.3. The van der Waals surface area contributed by atoms with E-state index in [1.807, 2.05) is 35.4 Å². The van der Waals surface area contributed by atoms with Gasteiger partial charge in [0.2, 0.25) is 17.7 Å². The van der Waals surface area contributed by atoms with Gasteiger partial charge in [0.25, 0.3) is 0 Å². The van der Waals surface area contributed by atoms with E-state index in [4.69, 9.17) is 15.2 Å². The predicted octanol–water partition coefficient (Wildman–Crippen LogP) is 4.36. The summed E-state index contributed by atoms with van der Waals surface area (Å²) in [5.41, 5.74) is 9.17. The van der Waals surface area contributed by atoms with Crippen LogP contribution in [-0.2, 0) is 27.5 Å². The van der Waals surface area contributed by atoms with E-state index < -0.39 is 0 Å². The van der Waals surface area contributed by atoms with Crippen LogP contribution < -0.4 is 15.2 Å². The summed E-state index contributed by atoms with van der Waals surface area (Å²) >= 11 is 0. The van der Waals surface area contributed by atoms with Crippen LogP contribution in [0.4, 0.5) is 5.82 Å². The lowest BCUT2D eigenvalue weighted by Gasteiger charge is -2.35. The van der Waals surface area contributed by atoms with E-state index in [-0.39, 0.29) is 41.4 Å². The molecule has 4 heterocycles. The molecule has 2 aliphatic heterocycles. The number of likely N-dealkylation sites (tertiary alicyclic amines) is 1. The van der Waals surface area contributed by atoms with Crippen molar-refractivity contribution < 1.29 is 23.9 Å². The summed E-state index contributed by atoms with van der Waals surface area (Å²) in [6, 6.07) is 10.3. The maximum absolute atomic E-state index is 12.9. The van der Waals surface area contributed by atoms with Crippen LogP contribution in [0, 0.1) is 23.2 Å². The number of benzene rings is 1. The zero-order valence-electron chi connectivity index (χ0n) is 29.8. The molecule has 0 radical (unpaired) electrons. The fourth-order valence-electron chi connectivity index (χ4n) is 6.70. The fraction of sp³-hybridized carbons (Fsp3) is 0.568. The average molecular weight is 687 g/mol. The number of anilines is 1. The number of carbonyl (C=O) groups is 3. The third-order valence-electron chi connectivity index (χ3n) is 9.77. The van der Waals surface area contributed by atoms with Gasteiger partial charge in [-0.15, -0.1) is 0 Å². The Labute approximate surface area is 294 Å². The number of hydrogen-bond donors (Lipinski definition) is 1. The number of fused-ring (bicyclic) bond motifs is 1. The Hall–Kier alpha value is -4.70. The van der Waals surface area contributed by atoms with Crippen molar-refractivity contribution in [2.75, 3.05) is 52.2 Å². The number of nitrogen functional groups attached to an aromatic ring is 1. The Morgan fingerprint density at radius 2 is 1.84 bits per heavy atom. The molecule has 1 atom stereocenters. The molecule has 0 aliphatic carbocycles. The van der Waals surface area contributed by atoms with Gasteiger partial charge in [0, 0.05) is 63.6 Å². The molecule has 0 bridgehead atoms. The monoisotopic (exact) mass is 686 g/mol. The second-order valence-electron chi connectivity index (χ2n) is 13.6. The minimum absolute atomic E-state index is 0.0444. The molecular weight excluding hydrogens is 636 g/mol. The molecule has 2 aromatic heterocycles. The number of ether oxygens (including phenoxy) is 2. The largest absolute Gasteiger partial charge is 0.496 e. The molecule has 0 spiro atoms. The summed E-state index contributed by atoms with van der Waals surface area (Å²) in [5, 5.41) is 10.5. The van der Waals surface area contributed by atoms with Gasteiger partial charge in [-0.3, -0.25) is 24.2 Å². The number of hydrogen-bond acceptors (Lipinski definition) is 10. The highest BCUT2D eigenvalue weighted by atomic mass is 16.5. The molecule has 2 fully saturated rings. The van der Waals surface area contributed by atoms with E-state index in [0.29, 0.717) is 68.1 Å². The van der Waals surface area contributed by atoms with Crippen LogP contribution in [-0.4, -0.2) is 93.4 Å². The zero-order chi connectivity index (χ0) is 35.8. The fourth-order valence-corrected chi connectivity index (χ4v) is 6.70. The summed E-state index contributed by atoms with van der Waals surface area (Å²) in [4.78, 5) is 52.2. The van der Waals surface area contributed by atoms with Gasteiger partial charge in [-0.2, -0.15) is 15.2 Å². The molecule has 2 N–H and O–H groups in total. The third-order valence-corrected chi connectivity index (χ3v) is 9.77. The highest BCUT2D eigenvalue weighted by molar-refractivity contribution is 6.03. The van der Waals surface area contributed by atoms with Crippen molar-refractivity contribution in [3.8, 4) is 17.8 Å². The first kappa shape index (κ1) is 36.6. The SMILES string of the molecule is CCCCOc1nc(N)c2cc(C#N)n(Cc3ccc(CN4CCN(C(=O)CCCCCN5C(=O)CC(C(C)C)C5=O)CC4)cc3OC)c2n1. The molecule has 5 rings (SSSR count). The topological polar surface area (TPSA) is 160 Å². The third kappa shape index (κ3) is 8.53. The Balaban J connectivity index is 1.11. The van der Waals surface area contributed by atoms with E-state index in [2.05, 4.69) is 33.9 Å². The number of carbonyl (C=O) groups excluding carboxylic acids is 3. The minimum atomic E-state index is -0.194. The van der Waals surface area contributed by atoms with Crippen molar-refractivity contribution in [3.05, 3.63) is 41.1 Å². The Kier molecular flexibility index (Phi) is 12.3. The van der Waals surface area contributed by atoms with Gasteiger partial charge < -0.3 is 24.7 Å². The van der Waals surface area contributed by atoms with Gasteiger partial charge in [-0.05, 0) is 42.9 Å². The molecule has 3 amide bonds. The lowest BCUT2D eigenvalue weighted by atomic mass is 9.94. The second-order valence-corrected chi connectivity index (χ2v) is 13.6. The number of nitrogens with zero attached hydrogens (tertiary/aromatic N) is 7. The quantitative estimate of drug-likeness (QED) is 0.169. The van der Waals surface area contributed by atoms with Crippen molar-refractivity contribution in [1.29, 1.82) is 5.26 Å². The highest BCUT2D eigenvalue weighted by Crippen LogP contribution is 2.29. The number of nitriles is 1. The van der Waals surface area contributed by atoms with Crippen molar-refractivity contribution >= 4 is 34.6 Å². The number of methoxy groups -OCH3 is 1. The normalized spacial score (nSPS) is 16.8. The van der Waals surface area contributed by atoms with Crippen LogP contribution in [0.2, 0.25) is 0 Å². The van der Waals surface area contributed by atoms with Gasteiger partial charge in [0.1, 0.15) is 23.3 Å². The number of nitrogens with two attached hydrogens (primary N) is 1. The van der Waals surface area contributed by atoms with E-state index in [1.165, 1.54) is 4.90 Å². The number of aromatic nitrogens is 3. The van der Waals surface area contributed by atoms with Crippen molar-refractivity contribution in [2.45, 2.75) is 78.8 Å². The van der Waals surface area contributed by atoms with Crippen molar-refractivity contribution in [2.24, 2.45) is 11.8 Å².